The summed E-state index contributed by atoms with van der Waals surface area (Å²) >= 11 is 12.9. The van der Waals surface area contributed by atoms with Gasteiger partial charge in [-0.2, -0.15) is 0 Å². The molecule has 1 heterocycles. The van der Waals surface area contributed by atoms with Crippen LogP contribution in [0.25, 0.3) is 0 Å². The van der Waals surface area contributed by atoms with Gasteiger partial charge in [0.15, 0.2) is 0 Å². The Balaban J connectivity index is 1.96. The number of anilines is 2. The maximum absolute atomic E-state index is 13.4. The van der Waals surface area contributed by atoms with Crippen molar-refractivity contribution < 1.29 is 23.5 Å². The van der Waals surface area contributed by atoms with E-state index in [2.05, 4.69) is 10.6 Å². The molecule has 0 aliphatic carbocycles. The maximum Gasteiger partial charge on any atom is 0.341 e. The third-order valence-electron chi connectivity index (χ3n) is 4.23. The summed E-state index contributed by atoms with van der Waals surface area (Å²) in [6, 6.07) is 9.66. The highest BCUT2D eigenvalue weighted by molar-refractivity contribution is 7.19. The van der Waals surface area contributed by atoms with Crippen LogP contribution in [0.5, 0.6) is 0 Å². The zero-order chi connectivity index (χ0) is 22.7. The second kappa shape index (κ2) is 9.47. The first-order chi connectivity index (χ1) is 14.7. The molecule has 2 aromatic carbocycles. The number of methoxy groups -OCH3 is 1. The lowest BCUT2D eigenvalue weighted by atomic mass is 10.1. The van der Waals surface area contributed by atoms with E-state index in [1.54, 1.807) is 13.0 Å². The largest absolute Gasteiger partial charge is 0.465 e. The normalized spacial score (nSPS) is 10.5. The van der Waals surface area contributed by atoms with Crippen molar-refractivity contribution in [3.05, 3.63) is 79.9 Å². The standard InChI is InChI=1S/C21H15Cl2FN2O4S/c1-10-16(21(29)30-2)20(26-18(27)11-4-3-5-13(24)8-11)31-17(10)19(28)25-15-9-12(22)6-7-14(15)23/h3-9H,1-2H3,(H,25,28)(H,26,27). The summed E-state index contributed by atoms with van der Waals surface area (Å²) in [7, 11) is 1.18. The third kappa shape index (κ3) is 5.04. The number of hydrogen-bond acceptors (Lipinski definition) is 5. The topological polar surface area (TPSA) is 84.5 Å². The molecule has 0 saturated carbocycles. The highest BCUT2D eigenvalue weighted by atomic mass is 35.5. The molecular formula is C21H15Cl2FN2O4S. The van der Waals surface area contributed by atoms with E-state index >= 15 is 0 Å². The molecule has 6 nitrogen and oxygen atoms in total. The Bertz CT molecular complexity index is 1200. The number of halogens is 3. The van der Waals surface area contributed by atoms with Crippen LogP contribution in [0, 0.1) is 12.7 Å². The fourth-order valence-electron chi connectivity index (χ4n) is 2.74. The Morgan fingerprint density at radius 3 is 2.45 bits per heavy atom. The van der Waals surface area contributed by atoms with Crippen molar-refractivity contribution in [3.63, 3.8) is 0 Å². The lowest BCUT2D eigenvalue weighted by molar-refractivity contribution is 0.0601. The molecule has 2 amide bonds. The Morgan fingerprint density at radius 2 is 1.77 bits per heavy atom. The van der Waals surface area contributed by atoms with E-state index in [-0.39, 0.29) is 31.7 Å². The molecule has 1 aromatic heterocycles. The monoisotopic (exact) mass is 480 g/mol. The van der Waals surface area contributed by atoms with E-state index in [9.17, 15) is 18.8 Å². The summed E-state index contributed by atoms with van der Waals surface area (Å²) in [6.07, 6.45) is 0. The lowest BCUT2D eigenvalue weighted by Crippen LogP contribution is -2.14. The molecule has 0 radical (unpaired) electrons. The zero-order valence-corrected chi connectivity index (χ0v) is 18.5. The van der Waals surface area contributed by atoms with Gasteiger partial charge in [0.05, 0.1) is 28.3 Å². The van der Waals surface area contributed by atoms with Crippen LogP contribution in [0.15, 0.2) is 42.5 Å². The van der Waals surface area contributed by atoms with Gasteiger partial charge in [0.1, 0.15) is 10.8 Å². The van der Waals surface area contributed by atoms with Crippen LogP contribution in [0.2, 0.25) is 10.0 Å². The minimum atomic E-state index is -0.733. The molecule has 0 spiro atoms. The summed E-state index contributed by atoms with van der Waals surface area (Å²) in [5, 5.41) is 5.94. The van der Waals surface area contributed by atoms with Gasteiger partial charge in [0, 0.05) is 10.6 Å². The van der Waals surface area contributed by atoms with E-state index in [0.29, 0.717) is 10.6 Å². The summed E-state index contributed by atoms with van der Waals surface area (Å²) < 4.78 is 18.2. The smallest absolute Gasteiger partial charge is 0.341 e. The fourth-order valence-corrected chi connectivity index (χ4v) is 4.17. The molecule has 0 bridgehead atoms. The number of thiophene rings is 1. The second-order valence-corrected chi connectivity index (χ2v) is 8.16. The number of nitrogens with one attached hydrogen (secondary N) is 2. The van der Waals surface area contributed by atoms with Crippen LogP contribution in [0.4, 0.5) is 15.1 Å². The third-order valence-corrected chi connectivity index (χ3v) is 6.00. The van der Waals surface area contributed by atoms with Gasteiger partial charge in [0.25, 0.3) is 11.8 Å². The van der Waals surface area contributed by atoms with Gasteiger partial charge in [-0.05, 0) is 48.9 Å². The molecule has 0 fully saturated rings. The first kappa shape index (κ1) is 22.7. The van der Waals surface area contributed by atoms with Gasteiger partial charge in [0.2, 0.25) is 0 Å². The van der Waals surface area contributed by atoms with E-state index in [0.717, 1.165) is 17.4 Å². The predicted molar refractivity (Wildman–Crippen MR) is 119 cm³/mol. The predicted octanol–water partition coefficient (Wildman–Crippen LogP) is 5.79. The number of amides is 2. The fraction of sp³-hybridized carbons (Fsp3) is 0.0952. The van der Waals surface area contributed by atoms with Crippen molar-refractivity contribution in [2.45, 2.75) is 6.92 Å². The average Bonchev–Trinajstić information content (AvgIpc) is 3.06. The van der Waals surface area contributed by atoms with Crippen LogP contribution >= 0.6 is 34.5 Å². The van der Waals surface area contributed by atoms with Crippen molar-refractivity contribution in [2.24, 2.45) is 0 Å². The second-order valence-electron chi connectivity index (χ2n) is 6.29. The molecule has 160 valence electrons. The molecule has 0 saturated heterocycles. The SMILES string of the molecule is COC(=O)c1c(NC(=O)c2cccc(F)c2)sc(C(=O)Nc2cc(Cl)ccc2Cl)c1C. The zero-order valence-electron chi connectivity index (χ0n) is 16.2. The molecule has 3 aromatic rings. The number of carbonyl (C=O) groups excluding carboxylic acids is 3. The molecular weight excluding hydrogens is 466 g/mol. The summed E-state index contributed by atoms with van der Waals surface area (Å²) in [5.74, 6) is -2.51. The number of esters is 1. The minimum Gasteiger partial charge on any atom is -0.465 e. The van der Waals surface area contributed by atoms with Crippen molar-refractivity contribution in [1.82, 2.24) is 0 Å². The van der Waals surface area contributed by atoms with Crippen LogP contribution in [-0.2, 0) is 4.74 Å². The van der Waals surface area contributed by atoms with Crippen molar-refractivity contribution in [2.75, 3.05) is 17.7 Å². The molecule has 3 rings (SSSR count). The molecule has 0 aliphatic rings. The Labute approximate surface area is 190 Å². The van der Waals surface area contributed by atoms with Crippen LogP contribution < -0.4 is 10.6 Å². The van der Waals surface area contributed by atoms with Crippen molar-refractivity contribution in [3.8, 4) is 0 Å². The first-order valence-electron chi connectivity index (χ1n) is 8.76. The highest BCUT2D eigenvalue weighted by Crippen LogP contribution is 2.35. The average molecular weight is 481 g/mol. The number of ether oxygens (including phenoxy) is 1. The number of hydrogen-bond donors (Lipinski definition) is 2. The van der Waals surface area contributed by atoms with Gasteiger partial charge in [-0.1, -0.05) is 29.3 Å². The van der Waals surface area contributed by atoms with E-state index < -0.39 is 23.6 Å². The minimum absolute atomic E-state index is 0.0274. The maximum atomic E-state index is 13.4. The lowest BCUT2D eigenvalue weighted by Gasteiger charge is -2.07. The number of benzene rings is 2. The Morgan fingerprint density at radius 1 is 1.03 bits per heavy atom. The number of carbonyl (C=O) groups is 3. The van der Waals surface area contributed by atoms with E-state index in [4.69, 9.17) is 27.9 Å². The molecule has 0 unspecified atom stereocenters. The van der Waals surface area contributed by atoms with Crippen LogP contribution in [0.1, 0.15) is 36.0 Å². The van der Waals surface area contributed by atoms with Gasteiger partial charge in [-0.3, -0.25) is 9.59 Å². The van der Waals surface area contributed by atoms with E-state index in [1.165, 1.54) is 37.4 Å². The molecule has 0 atom stereocenters. The molecule has 2 N–H and O–H groups in total. The summed E-state index contributed by atoms with van der Waals surface area (Å²) in [6.45, 7) is 1.55. The van der Waals surface area contributed by atoms with Crippen molar-refractivity contribution >= 4 is 63.0 Å². The molecule has 31 heavy (non-hydrogen) atoms. The summed E-state index contributed by atoms with van der Waals surface area (Å²) in [4.78, 5) is 37.9. The van der Waals surface area contributed by atoms with Gasteiger partial charge >= 0.3 is 5.97 Å². The Hall–Kier alpha value is -2.94. The van der Waals surface area contributed by atoms with Gasteiger partial charge < -0.3 is 15.4 Å². The summed E-state index contributed by atoms with van der Waals surface area (Å²) in [5.41, 5.74) is 0.678. The molecule has 0 aliphatic heterocycles. The van der Waals surface area contributed by atoms with Gasteiger partial charge in [-0.15, -0.1) is 11.3 Å². The van der Waals surface area contributed by atoms with Crippen molar-refractivity contribution in [1.29, 1.82) is 0 Å². The number of rotatable bonds is 5. The van der Waals surface area contributed by atoms with E-state index in [1.807, 2.05) is 0 Å². The Kier molecular flexibility index (Phi) is 6.94. The highest BCUT2D eigenvalue weighted by Gasteiger charge is 2.27. The van der Waals surface area contributed by atoms with Gasteiger partial charge in [-0.25, -0.2) is 9.18 Å². The quantitative estimate of drug-likeness (QED) is 0.452. The molecule has 10 heteroatoms. The van der Waals surface area contributed by atoms with Crippen LogP contribution in [-0.4, -0.2) is 24.9 Å². The van der Waals surface area contributed by atoms with Crippen LogP contribution in [0.3, 0.4) is 0 Å². The first-order valence-corrected chi connectivity index (χ1v) is 10.3.